The van der Waals surface area contributed by atoms with Gasteiger partial charge in [0.1, 0.15) is 0 Å². The van der Waals surface area contributed by atoms with Gasteiger partial charge in [-0.15, -0.1) is 0 Å². The summed E-state index contributed by atoms with van der Waals surface area (Å²) in [6.45, 7) is 1.18. The molecule has 2 rings (SSSR count). The Bertz CT molecular complexity index is 303. The van der Waals surface area contributed by atoms with E-state index in [1.807, 2.05) is 12.5 Å². The first-order valence-electron chi connectivity index (χ1n) is 4.24. The van der Waals surface area contributed by atoms with Crippen LogP contribution in [0.25, 0.3) is 0 Å². The quantitative estimate of drug-likeness (QED) is 0.546. The first kappa shape index (κ1) is 11.4. The van der Waals surface area contributed by atoms with E-state index in [-0.39, 0.29) is 0 Å². The van der Waals surface area contributed by atoms with Crippen LogP contribution >= 0.6 is 7.82 Å². The average molecular weight is 220 g/mol. The van der Waals surface area contributed by atoms with Crippen molar-refractivity contribution in [3.8, 4) is 0 Å². The van der Waals surface area contributed by atoms with Gasteiger partial charge in [0.2, 0.25) is 0 Å². The van der Waals surface area contributed by atoms with Gasteiger partial charge in [-0.05, 0) is 19.3 Å². The van der Waals surface area contributed by atoms with Crippen molar-refractivity contribution < 1.29 is 19.2 Å². The van der Waals surface area contributed by atoms with Crippen molar-refractivity contribution in [3.63, 3.8) is 0 Å². The van der Waals surface area contributed by atoms with E-state index in [4.69, 9.17) is 19.2 Å². The van der Waals surface area contributed by atoms with E-state index in [0.717, 1.165) is 0 Å². The fraction of sp³-hybridized carbons (Fsp3) is 0.571. The Kier molecular flexibility index (Phi) is 3.83. The van der Waals surface area contributed by atoms with Crippen molar-refractivity contribution >= 4 is 7.82 Å². The molecular formula is C7H13N2O4P. The summed E-state index contributed by atoms with van der Waals surface area (Å²) in [6, 6.07) is 0. The van der Waals surface area contributed by atoms with Crippen LogP contribution in [-0.2, 0) is 17.5 Å². The van der Waals surface area contributed by atoms with Gasteiger partial charge in [0, 0.05) is 18.4 Å². The molecule has 3 N–H and O–H groups in total. The van der Waals surface area contributed by atoms with Crippen molar-refractivity contribution in [2.45, 2.75) is 25.8 Å². The van der Waals surface area contributed by atoms with Gasteiger partial charge in [0.25, 0.3) is 0 Å². The van der Waals surface area contributed by atoms with E-state index < -0.39 is 7.82 Å². The molecule has 0 saturated heterocycles. The molecule has 0 aromatic carbocycles. The third-order valence-electron chi connectivity index (χ3n) is 1.88. The van der Waals surface area contributed by atoms with Crippen LogP contribution in [0.1, 0.15) is 18.5 Å². The number of phosphoric acid groups is 1. The predicted octanol–water partition coefficient (Wildman–Crippen LogP) is 0.291. The molecule has 0 amide bonds. The molecule has 0 saturated carbocycles. The second-order valence-corrected chi connectivity index (χ2v) is 4.08. The molecule has 80 valence electrons. The van der Waals surface area contributed by atoms with Gasteiger partial charge in [0.05, 0.1) is 6.33 Å². The second kappa shape index (κ2) is 4.70. The third kappa shape index (κ3) is 4.53. The zero-order valence-electron chi connectivity index (χ0n) is 7.57. The predicted molar refractivity (Wildman–Crippen MR) is 49.4 cm³/mol. The summed E-state index contributed by atoms with van der Waals surface area (Å²) in [6.07, 6.45) is 7.78. The van der Waals surface area contributed by atoms with Gasteiger partial charge < -0.3 is 19.2 Å². The van der Waals surface area contributed by atoms with Crippen LogP contribution in [0, 0.1) is 0 Å². The van der Waals surface area contributed by atoms with Crippen molar-refractivity contribution in [1.82, 2.24) is 9.55 Å². The molecule has 6 nitrogen and oxygen atoms in total. The van der Waals surface area contributed by atoms with Gasteiger partial charge in [-0.2, -0.15) is 0 Å². The van der Waals surface area contributed by atoms with Gasteiger partial charge in [0.15, 0.2) is 0 Å². The average Bonchev–Trinajstić information content (AvgIpc) is 2.47. The fourth-order valence-corrected chi connectivity index (χ4v) is 1.35. The lowest BCUT2D eigenvalue weighted by molar-refractivity contribution is 0.275. The third-order valence-corrected chi connectivity index (χ3v) is 1.88. The largest absolute Gasteiger partial charge is 0.466 e. The lowest BCUT2D eigenvalue weighted by Gasteiger charge is -2.12. The molecule has 1 aromatic heterocycles. The number of aryl methyl sites for hydroxylation is 2. The second-order valence-electron chi connectivity index (χ2n) is 3.05. The molecule has 7 heteroatoms. The summed E-state index contributed by atoms with van der Waals surface area (Å²) in [7, 11) is -4.64. The molecule has 0 spiro atoms. The minimum absolute atomic E-state index is 1.18. The lowest BCUT2D eigenvalue weighted by atomic mass is 10.1. The number of rotatable bonds is 0. The summed E-state index contributed by atoms with van der Waals surface area (Å²) in [5.41, 5.74) is 1.40. The molecule has 0 atom stereocenters. The van der Waals surface area contributed by atoms with E-state index in [1.165, 1.54) is 31.5 Å². The van der Waals surface area contributed by atoms with Crippen LogP contribution in [0.15, 0.2) is 12.5 Å². The molecule has 1 aliphatic heterocycles. The first-order chi connectivity index (χ1) is 6.47. The Morgan fingerprint density at radius 2 is 2.00 bits per heavy atom. The highest BCUT2D eigenvalue weighted by atomic mass is 31.2. The number of imidazole rings is 1. The summed E-state index contributed by atoms with van der Waals surface area (Å²) in [5.74, 6) is 0. The van der Waals surface area contributed by atoms with Crippen LogP contribution < -0.4 is 0 Å². The highest BCUT2D eigenvalue weighted by Crippen LogP contribution is 2.25. The summed E-state index contributed by atoms with van der Waals surface area (Å²) in [4.78, 5) is 25.6. The Balaban J connectivity index is 0.000000171. The molecule has 0 fully saturated rings. The van der Waals surface area contributed by atoms with Crippen LogP contribution in [0.2, 0.25) is 0 Å². The molecule has 0 radical (unpaired) electrons. The van der Waals surface area contributed by atoms with Crippen molar-refractivity contribution in [2.24, 2.45) is 0 Å². The summed E-state index contributed by atoms with van der Waals surface area (Å²) >= 11 is 0. The lowest BCUT2D eigenvalue weighted by Crippen LogP contribution is -2.07. The number of hydrogen-bond acceptors (Lipinski definition) is 2. The highest BCUT2D eigenvalue weighted by molar-refractivity contribution is 7.45. The standard InChI is InChI=1S/C7H10N2.H3O4P/c1-2-4-9-6-8-5-7(9)3-1;1-5(2,3)4/h5-6H,1-4H2;(H3,1,2,3,4). The molecule has 1 aromatic rings. The maximum atomic E-state index is 8.88. The van der Waals surface area contributed by atoms with Gasteiger partial charge in [-0.3, -0.25) is 0 Å². The molecule has 14 heavy (non-hydrogen) atoms. The molecular weight excluding hydrogens is 207 g/mol. The summed E-state index contributed by atoms with van der Waals surface area (Å²) < 4.78 is 11.1. The van der Waals surface area contributed by atoms with Crippen molar-refractivity contribution in [1.29, 1.82) is 0 Å². The molecule has 0 aliphatic carbocycles. The van der Waals surface area contributed by atoms with Gasteiger partial charge in [-0.1, -0.05) is 0 Å². The van der Waals surface area contributed by atoms with Crippen molar-refractivity contribution in [3.05, 3.63) is 18.2 Å². The smallest absolute Gasteiger partial charge is 0.335 e. The monoisotopic (exact) mass is 220 g/mol. The van der Waals surface area contributed by atoms with E-state index in [2.05, 4.69) is 9.55 Å². The van der Waals surface area contributed by atoms with Crippen LogP contribution in [-0.4, -0.2) is 24.2 Å². The molecule has 0 unspecified atom stereocenters. The van der Waals surface area contributed by atoms with E-state index in [9.17, 15) is 0 Å². The number of hydrogen-bond donors (Lipinski definition) is 3. The van der Waals surface area contributed by atoms with Crippen LogP contribution in [0.3, 0.4) is 0 Å². The first-order valence-corrected chi connectivity index (χ1v) is 5.80. The SMILES string of the molecule is O=P(O)(O)O.c1ncn2c1CCCC2. The van der Waals surface area contributed by atoms with E-state index in [0.29, 0.717) is 0 Å². The van der Waals surface area contributed by atoms with Crippen LogP contribution in [0.5, 0.6) is 0 Å². The Morgan fingerprint density at radius 3 is 2.57 bits per heavy atom. The van der Waals surface area contributed by atoms with E-state index >= 15 is 0 Å². The fourth-order valence-electron chi connectivity index (χ4n) is 1.35. The zero-order valence-corrected chi connectivity index (χ0v) is 8.47. The minimum Gasteiger partial charge on any atom is -0.335 e. The molecule has 2 heterocycles. The maximum absolute atomic E-state index is 8.88. The normalized spacial score (nSPS) is 15.4. The Labute approximate surface area is 81.5 Å². The minimum atomic E-state index is -4.64. The van der Waals surface area contributed by atoms with Gasteiger partial charge in [-0.25, -0.2) is 9.55 Å². The van der Waals surface area contributed by atoms with Gasteiger partial charge >= 0.3 is 7.82 Å². The topological polar surface area (TPSA) is 95.6 Å². The number of nitrogens with zero attached hydrogens (tertiary/aromatic N) is 2. The number of aromatic nitrogens is 2. The zero-order chi connectivity index (χ0) is 10.6. The van der Waals surface area contributed by atoms with Crippen LogP contribution in [0.4, 0.5) is 0 Å². The maximum Gasteiger partial charge on any atom is 0.466 e. The molecule has 0 bridgehead atoms. The molecule has 1 aliphatic rings. The van der Waals surface area contributed by atoms with E-state index in [1.54, 1.807) is 0 Å². The Hall–Kier alpha value is -0.680. The van der Waals surface area contributed by atoms with Crippen molar-refractivity contribution in [2.75, 3.05) is 0 Å². The number of fused-ring (bicyclic) bond motifs is 1. The highest BCUT2D eigenvalue weighted by Gasteiger charge is 2.05. The summed E-state index contributed by atoms with van der Waals surface area (Å²) in [5, 5.41) is 0. The Morgan fingerprint density at radius 1 is 1.36 bits per heavy atom.